The van der Waals surface area contributed by atoms with Gasteiger partial charge in [0.15, 0.2) is 0 Å². The average molecular weight is 492 g/mol. The normalized spacial score (nSPS) is 11.3. The van der Waals surface area contributed by atoms with Crippen molar-refractivity contribution >= 4 is 44.6 Å². The second-order valence-electron chi connectivity index (χ2n) is 7.13. The van der Waals surface area contributed by atoms with Gasteiger partial charge in [-0.05, 0) is 51.1 Å². The number of sulfonamides is 1. The molecule has 12 heteroatoms. The van der Waals surface area contributed by atoms with Crippen LogP contribution in [0.5, 0.6) is 0 Å². The van der Waals surface area contributed by atoms with Gasteiger partial charge in [0.2, 0.25) is 5.91 Å². The average Bonchev–Trinajstić information content (AvgIpc) is 3.03. The zero-order valence-corrected chi connectivity index (χ0v) is 19.7. The molecule has 0 saturated carbocycles. The molecule has 0 aliphatic heterocycles. The minimum atomic E-state index is -3.93. The number of aromatic nitrogens is 2. The lowest BCUT2D eigenvalue weighted by Crippen LogP contribution is -2.30. The zero-order valence-electron chi connectivity index (χ0n) is 18.1. The molecular weight excluding hydrogens is 470 g/mol. The number of anilines is 2. The molecule has 0 aliphatic carbocycles. The molecule has 33 heavy (non-hydrogen) atoms. The molecule has 0 saturated heterocycles. The first-order valence-electron chi connectivity index (χ1n) is 9.91. The van der Waals surface area contributed by atoms with E-state index >= 15 is 0 Å². The highest BCUT2D eigenvalue weighted by molar-refractivity contribution is 7.92. The summed E-state index contributed by atoms with van der Waals surface area (Å²) >= 11 is 6.19. The number of halogens is 1. The monoisotopic (exact) mass is 491 g/mol. The molecular formula is C21H22ClN5O5S. The Kier molecular flexibility index (Phi) is 7.04. The molecule has 174 valence electrons. The van der Waals surface area contributed by atoms with E-state index in [-0.39, 0.29) is 45.8 Å². The number of amides is 1. The Hall–Kier alpha value is -3.44. The molecule has 1 heterocycles. The van der Waals surface area contributed by atoms with E-state index in [1.165, 1.54) is 41.0 Å². The number of carbonyl (C=O) groups excluding carboxylic acids is 1. The molecule has 10 nitrogen and oxygen atoms in total. The van der Waals surface area contributed by atoms with E-state index < -0.39 is 20.9 Å². The maximum Gasteiger partial charge on any atom is 0.312 e. The van der Waals surface area contributed by atoms with Gasteiger partial charge in [-0.25, -0.2) is 8.42 Å². The van der Waals surface area contributed by atoms with Gasteiger partial charge in [0, 0.05) is 6.54 Å². The predicted octanol–water partition coefficient (Wildman–Crippen LogP) is 3.92. The third kappa shape index (κ3) is 4.99. The molecule has 0 spiro atoms. The maximum absolute atomic E-state index is 13.2. The minimum absolute atomic E-state index is 0.0466. The van der Waals surface area contributed by atoms with Crippen molar-refractivity contribution < 1.29 is 18.1 Å². The Balaban J connectivity index is 1.87. The Labute approximate surface area is 196 Å². The quantitative estimate of drug-likeness (QED) is 0.376. The third-order valence-corrected chi connectivity index (χ3v) is 7.18. The molecule has 1 N–H and O–H groups in total. The number of hydrogen-bond acceptors (Lipinski definition) is 6. The van der Waals surface area contributed by atoms with Crippen molar-refractivity contribution in [1.82, 2.24) is 9.78 Å². The first-order chi connectivity index (χ1) is 15.6. The predicted molar refractivity (Wildman–Crippen MR) is 125 cm³/mol. The number of nitrogens with zero attached hydrogens (tertiary/aromatic N) is 4. The first-order valence-corrected chi connectivity index (χ1v) is 11.7. The van der Waals surface area contributed by atoms with Crippen molar-refractivity contribution in [3.8, 4) is 0 Å². The summed E-state index contributed by atoms with van der Waals surface area (Å²) < 4.78 is 29.0. The van der Waals surface area contributed by atoms with Crippen LogP contribution in [0, 0.1) is 24.0 Å². The van der Waals surface area contributed by atoms with Crippen molar-refractivity contribution in [3.63, 3.8) is 0 Å². The van der Waals surface area contributed by atoms with Crippen LogP contribution in [-0.4, -0.2) is 35.6 Å². The summed E-state index contributed by atoms with van der Waals surface area (Å²) in [4.78, 5) is 23.2. The number of rotatable bonds is 8. The van der Waals surface area contributed by atoms with Crippen LogP contribution in [0.2, 0.25) is 5.02 Å². The van der Waals surface area contributed by atoms with E-state index in [4.69, 9.17) is 11.6 Å². The Morgan fingerprint density at radius 2 is 1.88 bits per heavy atom. The number of aryl methyl sites for hydroxylation is 1. The minimum Gasteiger partial charge on any atom is -0.323 e. The second-order valence-corrected chi connectivity index (χ2v) is 9.40. The van der Waals surface area contributed by atoms with Crippen LogP contribution in [0.1, 0.15) is 18.3 Å². The molecule has 0 bridgehead atoms. The smallest absolute Gasteiger partial charge is 0.312 e. The number of nitro groups is 1. The summed E-state index contributed by atoms with van der Waals surface area (Å²) in [5, 5.41) is 17.9. The Morgan fingerprint density at radius 3 is 2.45 bits per heavy atom. The van der Waals surface area contributed by atoms with Gasteiger partial charge >= 0.3 is 5.69 Å². The molecule has 0 atom stereocenters. The number of para-hydroxylation sites is 1. The fourth-order valence-electron chi connectivity index (χ4n) is 3.40. The van der Waals surface area contributed by atoms with Crippen molar-refractivity contribution in [2.45, 2.75) is 32.2 Å². The molecule has 0 aliphatic rings. The molecule has 0 fully saturated rings. The Bertz CT molecular complexity index is 1310. The van der Waals surface area contributed by atoms with Crippen molar-refractivity contribution in [3.05, 3.63) is 75.1 Å². The van der Waals surface area contributed by atoms with E-state index in [1.54, 1.807) is 37.3 Å². The van der Waals surface area contributed by atoms with Crippen LogP contribution in [0.3, 0.4) is 0 Å². The lowest BCUT2D eigenvalue weighted by molar-refractivity contribution is -0.386. The first kappa shape index (κ1) is 24.2. The van der Waals surface area contributed by atoms with E-state index in [9.17, 15) is 23.3 Å². The standard InChI is InChI=1S/C21H22ClN5O5S/c1-4-26(16-8-6-5-7-9-16)33(31,32)17-10-11-18(22)19(12-17)23-20(28)13-25-15(3)21(27(29)30)14(2)24-25/h5-12H,4,13H2,1-3H3,(H,23,28). The van der Waals surface area contributed by atoms with Gasteiger partial charge in [-0.15, -0.1) is 0 Å². The molecule has 0 unspecified atom stereocenters. The fourth-order valence-corrected chi connectivity index (χ4v) is 5.07. The third-order valence-electron chi connectivity index (χ3n) is 4.95. The van der Waals surface area contributed by atoms with Gasteiger partial charge in [0.05, 0.1) is 26.2 Å². The Morgan fingerprint density at radius 1 is 1.21 bits per heavy atom. The van der Waals surface area contributed by atoms with Crippen molar-refractivity contribution in [2.24, 2.45) is 0 Å². The number of hydrogen-bond donors (Lipinski definition) is 1. The molecule has 1 amide bonds. The van der Waals surface area contributed by atoms with Crippen LogP contribution >= 0.6 is 11.6 Å². The SMILES string of the molecule is CCN(c1ccccc1)S(=O)(=O)c1ccc(Cl)c(NC(=O)Cn2nc(C)c([N+](=O)[O-])c2C)c1. The van der Waals surface area contributed by atoms with Crippen LogP contribution in [0.25, 0.3) is 0 Å². The summed E-state index contributed by atoms with van der Waals surface area (Å²) in [5.41, 5.74) is 0.873. The van der Waals surface area contributed by atoms with Gasteiger partial charge in [-0.1, -0.05) is 29.8 Å². The van der Waals surface area contributed by atoms with Gasteiger partial charge in [0.25, 0.3) is 10.0 Å². The highest BCUT2D eigenvalue weighted by Crippen LogP contribution is 2.29. The summed E-state index contributed by atoms with van der Waals surface area (Å²) in [7, 11) is -3.93. The van der Waals surface area contributed by atoms with Crippen molar-refractivity contribution in [1.29, 1.82) is 0 Å². The summed E-state index contributed by atoms with van der Waals surface area (Å²) in [5.74, 6) is -0.567. The second kappa shape index (κ2) is 9.59. The van der Waals surface area contributed by atoms with Gasteiger partial charge in [-0.2, -0.15) is 5.10 Å². The topological polar surface area (TPSA) is 127 Å². The van der Waals surface area contributed by atoms with E-state index in [0.717, 1.165) is 0 Å². The molecule has 0 radical (unpaired) electrons. The number of carbonyl (C=O) groups is 1. The van der Waals surface area contributed by atoms with Gasteiger partial charge in [0.1, 0.15) is 17.9 Å². The molecule has 2 aromatic carbocycles. The lowest BCUT2D eigenvalue weighted by atomic mass is 10.3. The number of nitrogens with one attached hydrogen (secondary N) is 1. The molecule has 3 aromatic rings. The summed E-state index contributed by atoms with van der Waals surface area (Å²) in [6.07, 6.45) is 0. The molecule has 3 rings (SSSR count). The van der Waals surface area contributed by atoms with Crippen LogP contribution in [-0.2, 0) is 21.4 Å². The summed E-state index contributed by atoms with van der Waals surface area (Å²) in [6.45, 7) is 4.59. The van der Waals surface area contributed by atoms with Gasteiger partial charge in [-0.3, -0.25) is 23.9 Å². The zero-order chi connectivity index (χ0) is 24.3. The maximum atomic E-state index is 13.2. The van der Waals surface area contributed by atoms with Gasteiger partial charge < -0.3 is 5.32 Å². The lowest BCUT2D eigenvalue weighted by Gasteiger charge is -2.23. The van der Waals surface area contributed by atoms with Crippen LogP contribution < -0.4 is 9.62 Å². The van der Waals surface area contributed by atoms with E-state index in [1.807, 2.05) is 0 Å². The summed E-state index contributed by atoms with van der Waals surface area (Å²) in [6, 6.07) is 12.7. The van der Waals surface area contributed by atoms with E-state index in [0.29, 0.717) is 5.69 Å². The van der Waals surface area contributed by atoms with Crippen LogP contribution in [0.4, 0.5) is 17.1 Å². The largest absolute Gasteiger partial charge is 0.323 e. The highest BCUT2D eigenvalue weighted by Gasteiger charge is 2.26. The van der Waals surface area contributed by atoms with Crippen molar-refractivity contribution in [2.75, 3.05) is 16.2 Å². The van der Waals surface area contributed by atoms with E-state index in [2.05, 4.69) is 10.4 Å². The highest BCUT2D eigenvalue weighted by atomic mass is 35.5. The fraction of sp³-hybridized carbons (Fsp3) is 0.238. The number of benzene rings is 2. The molecule has 1 aromatic heterocycles. The van der Waals surface area contributed by atoms with Crippen LogP contribution in [0.15, 0.2) is 53.4 Å².